The van der Waals surface area contributed by atoms with E-state index in [0.717, 1.165) is 12.5 Å². The lowest BCUT2D eigenvalue weighted by Gasteiger charge is -2.32. The second-order valence-electron chi connectivity index (χ2n) is 6.48. The highest BCUT2D eigenvalue weighted by atomic mass is 14.9. The maximum Gasteiger partial charge on any atom is 0.0482 e. The summed E-state index contributed by atoms with van der Waals surface area (Å²) in [6, 6.07) is 4.97. The lowest BCUT2D eigenvalue weighted by atomic mass is 9.82. The van der Waals surface area contributed by atoms with Gasteiger partial charge in [-0.1, -0.05) is 46.1 Å². The lowest BCUT2D eigenvalue weighted by molar-refractivity contribution is 0.274. The predicted octanol–water partition coefficient (Wildman–Crippen LogP) is 4.70. The van der Waals surface area contributed by atoms with Gasteiger partial charge in [-0.2, -0.15) is 0 Å². The van der Waals surface area contributed by atoms with Crippen LogP contribution in [0.1, 0.15) is 76.5 Å². The van der Waals surface area contributed by atoms with Crippen molar-refractivity contribution in [1.29, 1.82) is 0 Å². The lowest BCUT2D eigenvalue weighted by Crippen LogP contribution is -2.41. The number of hydrogen-bond acceptors (Lipinski definition) is 2. The van der Waals surface area contributed by atoms with E-state index in [2.05, 4.69) is 38.2 Å². The first kappa shape index (κ1) is 16.5. The molecule has 21 heavy (non-hydrogen) atoms. The summed E-state index contributed by atoms with van der Waals surface area (Å²) in [4.78, 5) is 4.73. The van der Waals surface area contributed by atoms with Gasteiger partial charge in [-0.15, -0.1) is 0 Å². The molecule has 1 heterocycles. The van der Waals surface area contributed by atoms with Crippen LogP contribution in [-0.4, -0.2) is 17.6 Å². The van der Waals surface area contributed by atoms with Gasteiger partial charge < -0.3 is 5.32 Å². The van der Waals surface area contributed by atoms with Gasteiger partial charge in [0.15, 0.2) is 0 Å². The zero-order valence-corrected chi connectivity index (χ0v) is 14.1. The van der Waals surface area contributed by atoms with Crippen molar-refractivity contribution in [2.24, 2.45) is 5.92 Å². The standard InChI is InChI=1S/C19H32N2/c1-4-7-9-15(6-3)18(20-13-5-2)17-12-11-16-10-8-14-21-19(16)17/h8,10,14-15,17-18,20H,4-7,9,11-13H2,1-3H3. The van der Waals surface area contributed by atoms with E-state index >= 15 is 0 Å². The number of aromatic nitrogens is 1. The van der Waals surface area contributed by atoms with Crippen LogP contribution in [0.3, 0.4) is 0 Å². The van der Waals surface area contributed by atoms with Gasteiger partial charge in [-0.25, -0.2) is 0 Å². The summed E-state index contributed by atoms with van der Waals surface area (Å²) in [6.45, 7) is 8.05. The Labute approximate surface area is 130 Å². The Morgan fingerprint density at radius 1 is 1.29 bits per heavy atom. The third kappa shape index (κ3) is 4.06. The number of aryl methyl sites for hydroxylation is 1. The number of fused-ring (bicyclic) bond motifs is 1. The van der Waals surface area contributed by atoms with E-state index in [1.807, 2.05) is 6.20 Å². The SMILES string of the molecule is CCCCC(CC)C(NCCC)C1CCc2cccnc21. The fourth-order valence-electron chi connectivity index (χ4n) is 3.85. The number of pyridine rings is 1. The predicted molar refractivity (Wildman–Crippen MR) is 90.7 cm³/mol. The van der Waals surface area contributed by atoms with Crippen molar-refractivity contribution in [3.63, 3.8) is 0 Å². The smallest absolute Gasteiger partial charge is 0.0482 e. The number of nitrogens with zero attached hydrogens (tertiary/aromatic N) is 1. The van der Waals surface area contributed by atoms with Gasteiger partial charge in [0.2, 0.25) is 0 Å². The van der Waals surface area contributed by atoms with Crippen molar-refractivity contribution in [3.05, 3.63) is 29.6 Å². The van der Waals surface area contributed by atoms with Crippen molar-refractivity contribution >= 4 is 0 Å². The van der Waals surface area contributed by atoms with Crippen LogP contribution in [0.5, 0.6) is 0 Å². The van der Waals surface area contributed by atoms with Gasteiger partial charge in [0.05, 0.1) is 0 Å². The molecule has 1 aliphatic rings. The van der Waals surface area contributed by atoms with E-state index in [4.69, 9.17) is 4.98 Å². The molecule has 2 heteroatoms. The highest BCUT2D eigenvalue weighted by molar-refractivity contribution is 5.30. The average molecular weight is 288 g/mol. The highest BCUT2D eigenvalue weighted by Crippen LogP contribution is 2.38. The largest absolute Gasteiger partial charge is 0.313 e. The van der Waals surface area contributed by atoms with Crippen LogP contribution in [0.15, 0.2) is 18.3 Å². The van der Waals surface area contributed by atoms with E-state index in [1.54, 1.807) is 0 Å². The molecule has 1 N–H and O–H groups in total. The van der Waals surface area contributed by atoms with Crippen molar-refractivity contribution in [2.75, 3.05) is 6.54 Å². The number of hydrogen-bond donors (Lipinski definition) is 1. The van der Waals surface area contributed by atoms with Gasteiger partial charge in [-0.05, 0) is 49.8 Å². The fourth-order valence-corrected chi connectivity index (χ4v) is 3.85. The summed E-state index contributed by atoms with van der Waals surface area (Å²) in [5.41, 5.74) is 2.86. The quantitative estimate of drug-likeness (QED) is 0.712. The van der Waals surface area contributed by atoms with Gasteiger partial charge in [-0.3, -0.25) is 4.98 Å². The van der Waals surface area contributed by atoms with Gasteiger partial charge in [0.25, 0.3) is 0 Å². The second kappa shape index (κ2) is 8.53. The number of nitrogens with one attached hydrogen (secondary N) is 1. The van der Waals surface area contributed by atoms with Crippen molar-refractivity contribution in [1.82, 2.24) is 10.3 Å². The fraction of sp³-hybridized carbons (Fsp3) is 0.737. The molecule has 2 rings (SSSR count). The maximum absolute atomic E-state index is 4.73. The number of rotatable bonds is 9. The Kier molecular flexibility index (Phi) is 6.69. The molecule has 1 aromatic heterocycles. The van der Waals surface area contributed by atoms with E-state index < -0.39 is 0 Å². The summed E-state index contributed by atoms with van der Waals surface area (Å²) in [5, 5.41) is 3.87. The third-order valence-electron chi connectivity index (χ3n) is 5.03. The summed E-state index contributed by atoms with van der Waals surface area (Å²) >= 11 is 0. The molecule has 1 aromatic rings. The molecular weight excluding hydrogens is 256 g/mol. The summed E-state index contributed by atoms with van der Waals surface area (Å²) < 4.78 is 0. The molecule has 0 radical (unpaired) electrons. The zero-order valence-electron chi connectivity index (χ0n) is 14.1. The molecule has 0 aliphatic heterocycles. The Hall–Kier alpha value is -0.890. The van der Waals surface area contributed by atoms with Crippen LogP contribution in [0, 0.1) is 5.92 Å². The molecule has 0 aromatic carbocycles. The molecule has 1 aliphatic carbocycles. The van der Waals surface area contributed by atoms with E-state index in [0.29, 0.717) is 12.0 Å². The van der Waals surface area contributed by atoms with E-state index in [1.165, 1.54) is 56.2 Å². The van der Waals surface area contributed by atoms with Gasteiger partial charge >= 0.3 is 0 Å². The molecule has 0 amide bonds. The maximum atomic E-state index is 4.73. The number of unbranched alkanes of at least 4 members (excludes halogenated alkanes) is 1. The minimum Gasteiger partial charge on any atom is -0.313 e. The minimum absolute atomic E-state index is 0.609. The van der Waals surface area contributed by atoms with Crippen LogP contribution in [0.4, 0.5) is 0 Å². The van der Waals surface area contributed by atoms with Crippen molar-refractivity contribution in [3.8, 4) is 0 Å². The van der Waals surface area contributed by atoms with Gasteiger partial charge in [0.1, 0.15) is 0 Å². The van der Waals surface area contributed by atoms with E-state index in [9.17, 15) is 0 Å². The minimum atomic E-state index is 0.609. The third-order valence-corrected chi connectivity index (χ3v) is 5.03. The average Bonchev–Trinajstić information content (AvgIpc) is 2.94. The van der Waals surface area contributed by atoms with Gasteiger partial charge in [0, 0.05) is 23.9 Å². The Morgan fingerprint density at radius 2 is 2.14 bits per heavy atom. The summed E-state index contributed by atoms with van der Waals surface area (Å²) in [5.74, 6) is 1.41. The molecule has 118 valence electrons. The monoisotopic (exact) mass is 288 g/mol. The zero-order chi connectivity index (χ0) is 15.1. The molecule has 0 fully saturated rings. The van der Waals surface area contributed by atoms with Crippen molar-refractivity contribution in [2.45, 2.75) is 77.7 Å². The first-order valence-corrected chi connectivity index (χ1v) is 8.98. The molecule has 0 bridgehead atoms. The van der Waals surface area contributed by atoms with Crippen LogP contribution in [-0.2, 0) is 6.42 Å². The van der Waals surface area contributed by atoms with Crippen LogP contribution < -0.4 is 5.32 Å². The molecule has 2 nitrogen and oxygen atoms in total. The highest BCUT2D eigenvalue weighted by Gasteiger charge is 2.34. The topological polar surface area (TPSA) is 24.9 Å². The molecule has 3 unspecified atom stereocenters. The Balaban J connectivity index is 2.15. The first-order valence-electron chi connectivity index (χ1n) is 8.98. The molecule has 0 saturated carbocycles. The Morgan fingerprint density at radius 3 is 2.86 bits per heavy atom. The summed E-state index contributed by atoms with van der Waals surface area (Å²) in [6.07, 6.45) is 11.0. The second-order valence-corrected chi connectivity index (χ2v) is 6.48. The normalized spacial score (nSPS) is 20.2. The molecule has 0 saturated heterocycles. The molecular formula is C19H32N2. The Bertz CT molecular complexity index is 416. The molecule has 3 atom stereocenters. The van der Waals surface area contributed by atoms with Crippen LogP contribution >= 0.6 is 0 Å². The van der Waals surface area contributed by atoms with Crippen LogP contribution in [0.25, 0.3) is 0 Å². The van der Waals surface area contributed by atoms with Crippen molar-refractivity contribution < 1.29 is 0 Å². The molecule has 0 spiro atoms. The van der Waals surface area contributed by atoms with Crippen LogP contribution in [0.2, 0.25) is 0 Å². The first-order chi connectivity index (χ1) is 10.3. The van der Waals surface area contributed by atoms with E-state index in [-0.39, 0.29) is 0 Å². The summed E-state index contributed by atoms with van der Waals surface area (Å²) in [7, 11) is 0.